The maximum Gasteiger partial charge on any atom is 0.335 e. The minimum absolute atomic E-state index is 0.130. The van der Waals surface area contributed by atoms with Crippen molar-refractivity contribution in [3.8, 4) is 0 Å². The Morgan fingerprint density at radius 3 is 2.00 bits per heavy atom. The van der Waals surface area contributed by atoms with E-state index in [1.807, 2.05) is 0 Å². The highest BCUT2D eigenvalue weighted by Crippen LogP contribution is 2.29. The molecule has 0 spiro atoms. The molecule has 1 aliphatic carbocycles. The Hall–Kier alpha value is -1.84. The van der Waals surface area contributed by atoms with E-state index in [2.05, 4.69) is 0 Å². The van der Waals surface area contributed by atoms with E-state index in [9.17, 15) is 19.8 Å². The molecule has 0 aliphatic heterocycles. The molecular weight excluding hydrogens is 244 g/mol. The smallest absolute Gasteiger partial charge is 0.335 e. The van der Waals surface area contributed by atoms with E-state index in [0.717, 1.165) is 25.7 Å². The third-order valence-corrected chi connectivity index (χ3v) is 3.85. The number of hydrogen-bond donors (Lipinski definition) is 2. The van der Waals surface area contributed by atoms with Crippen LogP contribution in [0.3, 0.4) is 0 Å². The van der Waals surface area contributed by atoms with E-state index in [4.69, 9.17) is 0 Å². The van der Waals surface area contributed by atoms with Crippen molar-refractivity contribution >= 4 is 11.9 Å². The fourth-order valence-corrected chi connectivity index (χ4v) is 2.89. The Morgan fingerprint density at radius 1 is 1.00 bits per heavy atom. The highest BCUT2D eigenvalue weighted by atomic mass is 16.4. The van der Waals surface area contributed by atoms with E-state index in [-0.39, 0.29) is 11.1 Å². The van der Waals surface area contributed by atoms with Crippen LogP contribution in [0.5, 0.6) is 0 Å². The molecule has 0 radical (unpaired) electrons. The fourth-order valence-electron chi connectivity index (χ4n) is 2.89. The fraction of sp³-hybridized carbons (Fsp3) is 0.467. The van der Waals surface area contributed by atoms with Crippen molar-refractivity contribution in [1.82, 2.24) is 0 Å². The van der Waals surface area contributed by atoms with Gasteiger partial charge in [0.2, 0.25) is 0 Å². The lowest BCUT2D eigenvalue weighted by Crippen LogP contribution is -2.16. The van der Waals surface area contributed by atoms with E-state index < -0.39 is 11.9 Å². The Bertz CT molecular complexity index is 455. The van der Waals surface area contributed by atoms with Gasteiger partial charge in [-0.15, -0.1) is 0 Å². The van der Waals surface area contributed by atoms with Crippen LogP contribution >= 0.6 is 0 Å². The molecule has 1 saturated carbocycles. The van der Waals surface area contributed by atoms with Crippen LogP contribution in [-0.2, 0) is 6.42 Å². The van der Waals surface area contributed by atoms with Gasteiger partial charge >= 0.3 is 11.9 Å². The van der Waals surface area contributed by atoms with Gasteiger partial charge in [-0.05, 0) is 30.0 Å². The molecule has 0 atom stereocenters. The molecule has 2 N–H and O–H groups in total. The van der Waals surface area contributed by atoms with Gasteiger partial charge in [0.05, 0.1) is 11.1 Å². The second kappa shape index (κ2) is 5.87. The van der Waals surface area contributed by atoms with Crippen LogP contribution in [0.15, 0.2) is 18.2 Å². The standard InChI is InChI=1S/C15H18O4/c16-14(17)11-7-4-8-12(15(18)19)13(11)9-10-5-2-1-3-6-10/h4,7-8,10H,1-3,5-6,9H2,(H,16,17)(H,18,19). The maximum absolute atomic E-state index is 11.2. The lowest BCUT2D eigenvalue weighted by Gasteiger charge is -2.23. The summed E-state index contributed by atoms with van der Waals surface area (Å²) in [4.78, 5) is 22.5. The summed E-state index contributed by atoms with van der Waals surface area (Å²) < 4.78 is 0. The number of hydrogen-bond acceptors (Lipinski definition) is 2. The van der Waals surface area contributed by atoms with Crippen LogP contribution in [0.1, 0.15) is 58.4 Å². The van der Waals surface area contributed by atoms with Crippen LogP contribution in [0, 0.1) is 5.92 Å². The minimum atomic E-state index is -1.05. The zero-order valence-corrected chi connectivity index (χ0v) is 10.8. The Kier molecular flexibility index (Phi) is 4.20. The molecule has 102 valence electrons. The van der Waals surface area contributed by atoms with E-state index in [0.29, 0.717) is 17.9 Å². The van der Waals surface area contributed by atoms with Crippen molar-refractivity contribution in [2.75, 3.05) is 0 Å². The first-order valence-electron chi connectivity index (χ1n) is 6.68. The van der Waals surface area contributed by atoms with Crippen LogP contribution in [0.4, 0.5) is 0 Å². The van der Waals surface area contributed by atoms with Gasteiger partial charge in [0.25, 0.3) is 0 Å². The Balaban J connectivity index is 2.34. The van der Waals surface area contributed by atoms with E-state index in [1.54, 1.807) is 0 Å². The highest BCUT2D eigenvalue weighted by Gasteiger charge is 2.22. The first kappa shape index (κ1) is 13.6. The monoisotopic (exact) mass is 262 g/mol. The van der Waals surface area contributed by atoms with E-state index >= 15 is 0 Å². The molecule has 0 unspecified atom stereocenters. The molecule has 1 aromatic rings. The summed E-state index contributed by atoms with van der Waals surface area (Å²) in [6, 6.07) is 4.48. The van der Waals surface area contributed by atoms with Crippen LogP contribution in [-0.4, -0.2) is 22.2 Å². The van der Waals surface area contributed by atoms with Gasteiger partial charge in [0, 0.05) is 0 Å². The molecule has 0 heterocycles. The number of carboxylic acid groups (broad SMARTS) is 2. The summed E-state index contributed by atoms with van der Waals surface area (Å²) in [5.41, 5.74) is 0.741. The number of benzene rings is 1. The highest BCUT2D eigenvalue weighted by molar-refractivity contribution is 5.96. The second-order valence-corrected chi connectivity index (χ2v) is 5.15. The van der Waals surface area contributed by atoms with Crippen LogP contribution in [0.2, 0.25) is 0 Å². The predicted octanol–water partition coefficient (Wildman–Crippen LogP) is 3.21. The molecule has 4 nitrogen and oxygen atoms in total. The molecule has 0 amide bonds. The molecule has 4 heteroatoms. The molecule has 2 rings (SSSR count). The van der Waals surface area contributed by atoms with Gasteiger partial charge in [0.1, 0.15) is 0 Å². The molecule has 0 saturated heterocycles. The summed E-state index contributed by atoms with van der Waals surface area (Å²) in [5.74, 6) is -1.69. The SMILES string of the molecule is O=C(O)c1cccc(C(=O)O)c1CC1CCCCC1. The first-order valence-corrected chi connectivity index (χ1v) is 6.68. The van der Waals surface area contributed by atoms with Crippen molar-refractivity contribution in [2.45, 2.75) is 38.5 Å². The lowest BCUT2D eigenvalue weighted by molar-refractivity contribution is 0.0695. The zero-order valence-electron chi connectivity index (χ0n) is 10.8. The number of rotatable bonds is 4. The number of aromatic carboxylic acids is 2. The average Bonchev–Trinajstić information content (AvgIpc) is 2.39. The normalized spacial score (nSPS) is 16.2. The Morgan fingerprint density at radius 2 is 1.53 bits per heavy atom. The quantitative estimate of drug-likeness (QED) is 0.873. The third-order valence-electron chi connectivity index (χ3n) is 3.85. The second-order valence-electron chi connectivity index (χ2n) is 5.15. The first-order chi connectivity index (χ1) is 9.09. The largest absolute Gasteiger partial charge is 0.478 e. The molecule has 1 fully saturated rings. The van der Waals surface area contributed by atoms with Crippen molar-refractivity contribution in [3.05, 3.63) is 34.9 Å². The Labute approximate surface area is 112 Å². The van der Waals surface area contributed by atoms with Crippen molar-refractivity contribution < 1.29 is 19.8 Å². The van der Waals surface area contributed by atoms with Gasteiger partial charge in [-0.2, -0.15) is 0 Å². The van der Waals surface area contributed by atoms with E-state index in [1.165, 1.54) is 24.6 Å². The maximum atomic E-state index is 11.2. The molecule has 1 aliphatic rings. The van der Waals surface area contributed by atoms with Crippen molar-refractivity contribution in [2.24, 2.45) is 5.92 Å². The molecule has 1 aromatic carbocycles. The van der Waals surface area contributed by atoms with Crippen molar-refractivity contribution in [1.29, 1.82) is 0 Å². The van der Waals surface area contributed by atoms with Gasteiger partial charge in [-0.25, -0.2) is 9.59 Å². The van der Waals surface area contributed by atoms with Gasteiger partial charge in [-0.1, -0.05) is 38.2 Å². The molecule has 0 aromatic heterocycles. The average molecular weight is 262 g/mol. The minimum Gasteiger partial charge on any atom is -0.478 e. The van der Waals surface area contributed by atoms with Crippen LogP contribution in [0.25, 0.3) is 0 Å². The zero-order chi connectivity index (χ0) is 13.8. The molecule has 19 heavy (non-hydrogen) atoms. The van der Waals surface area contributed by atoms with Gasteiger partial charge in [-0.3, -0.25) is 0 Å². The summed E-state index contributed by atoms with van der Waals surface area (Å²) in [6.07, 6.45) is 6.22. The number of carboxylic acids is 2. The third kappa shape index (κ3) is 3.13. The molecule has 0 bridgehead atoms. The van der Waals surface area contributed by atoms with Gasteiger partial charge in [0.15, 0.2) is 0 Å². The molecular formula is C15H18O4. The van der Waals surface area contributed by atoms with Crippen molar-refractivity contribution in [3.63, 3.8) is 0 Å². The summed E-state index contributed by atoms with van der Waals surface area (Å²) in [7, 11) is 0. The summed E-state index contributed by atoms with van der Waals surface area (Å²) >= 11 is 0. The predicted molar refractivity (Wildman–Crippen MR) is 70.6 cm³/mol. The van der Waals surface area contributed by atoms with Gasteiger partial charge < -0.3 is 10.2 Å². The lowest BCUT2D eigenvalue weighted by atomic mass is 9.82. The summed E-state index contributed by atoms with van der Waals surface area (Å²) in [6.45, 7) is 0. The number of carbonyl (C=O) groups is 2. The topological polar surface area (TPSA) is 74.6 Å². The summed E-state index contributed by atoms with van der Waals surface area (Å²) in [5, 5.41) is 18.4. The van der Waals surface area contributed by atoms with Crippen LogP contribution < -0.4 is 0 Å².